The number of rotatable bonds is 1. The number of halogens is 2. The first kappa shape index (κ1) is 10.3. The Kier molecular flexibility index (Phi) is 2.56. The molecule has 0 N–H and O–H groups in total. The van der Waals surface area contributed by atoms with E-state index in [1.165, 1.54) is 17.0 Å². The predicted octanol–water partition coefficient (Wildman–Crippen LogP) is 1.89. The van der Waals surface area contributed by atoms with Crippen molar-refractivity contribution in [2.75, 3.05) is 11.4 Å². The molecule has 0 aliphatic carbocycles. The average molecular weight is 272 g/mol. The SMILES string of the molecule is O=C1CC(=O)N(c2cc(Br)ccc2F)C1. The summed E-state index contributed by atoms with van der Waals surface area (Å²) in [7, 11) is 0. The zero-order valence-corrected chi connectivity index (χ0v) is 9.25. The van der Waals surface area contributed by atoms with Crippen LogP contribution in [0.2, 0.25) is 0 Å². The topological polar surface area (TPSA) is 37.4 Å². The Morgan fingerprint density at radius 3 is 2.67 bits per heavy atom. The molecule has 0 aromatic heterocycles. The molecule has 1 aromatic carbocycles. The van der Waals surface area contributed by atoms with Crippen LogP contribution in [0, 0.1) is 5.82 Å². The van der Waals surface area contributed by atoms with Gasteiger partial charge in [-0.1, -0.05) is 15.9 Å². The van der Waals surface area contributed by atoms with Crippen molar-refractivity contribution in [3.63, 3.8) is 0 Å². The molecule has 1 aliphatic rings. The van der Waals surface area contributed by atoms with E-state index in [0.717, 1.165) is 0 Å². The van der Waals surface area contributed by atoms with Crippen LogP contribution in [0.1, 0.15) is 6.42 Å². The van der Waals surface area contributed by atoms with Crippen LogP contribution < -0.4 is 4.90 Å². The second kappa shape index (κ2) is 3.73. The number of hydrogen-bond donors (Lipinski definition) is 0. The first-order valence-electron chi connectivity index (χ1n) is 4.35. The lowest BCUT2D eigenvalue weighted by molar-refractivity contribution is -0.121. The molecule has 0 spiro atoms. The molecule has 3 nitrogen and oxygen atoms in total. The Bertz CT molecular complexity index is 447. The molecule has 0 bridgehead atoms. The van der Waals surface area contributed by atoms with E-state index in [-0.39, 0.29) is 30.3 Å². The zero-order valence-electron chi connectivity index (χ0n) is 7.67. The number of hydrogen-bond acceptors (Lipinski definition) is 2. The minimum Gasteiger partial charge on any atom is -0.302 e. The monoisotopic (exact) mass is 271 g/mol. The van der Waals surface area contributed by atoms with Gasteiger partial charge < -0.3 is 4.90 Å². The summed E-state index contributed by atoms with van der Waals surface area (Å²) < 4.78 is 14.1. The Labute approximate surface area is 94.0 Å². The van der Waals surface area contributed by atoms with E-state index in [1.54, 1.807) is 6.07 Å². The van der Waals surface area contributed by atoms with Crippen LogP contribution in [-0.4, -0.2) is 18.2 Å². The van der Waals surface area contributed by atoms with Crippen LogP contribution in [-0.2, 0) is 9.59 Å². The molecule has 1 amide bonds. The molecular weight excluding hydrogens is 265 g/mol. The number of carbonyl (C=O) groups excluding carboxylic acids is 2. The van der Waals surface area contributed by atoms with Crippen molar-refractivity contribution < 1.29 is 14.0 Å². The van der Waals surface area contributed by atoms with Crippen molar-refractivity contribution in [2.24, 2.45) is 0 Å². The van der Waals surface area contributed by atoms with Gasteiger partial charge in [-0.3, -0.25) is 9.59 Å². The molecule has 78 valence electrons. The van der Waals surface area contributed by atoms with Gasteiger partial charge in [-0.25, -0.2) is 4.39 Å². The van der Waals surface area contributed by atoms with Gasteiger partial charge in [-0.15, -0.1) is 0 Å². The molecule has 15 heavy (non-hydrogen) atoms. The summed E-state index contributed by atoms with van der Waals surface area (Å²) in [5.74, 6) is -1.03. The van der Waals surface area contributed by atoms with E-state index >= 15 is 0 Å². The van der Waals surface area contributed by atoms with Gasteiger partial charge in [-0.05, 0) is 18.2 Å². The molecule has 0 saturated carbocycles. The smallest absolute Gasteiger partial charge is 0.235 e. The van der Waals surface area contributed by atoms with Gasteiger partial charge in [0.2, 0.25) is 5.91 Å². The third-order valence-corrected chi connectivity index (χ3v) is 2.68. The lowest BCUT2D eigenvalue weighted by atomic mass is 10.3. The fraction of sp³-hybridized carbons (Fsp3) is 0.200. The third-order valence-electron chi connectivity index (χ3n) is 2.18. The number of ketones is 1. The number of nitrogens with zero attached hydrogens (tertiary/aromatic N) is 1. The van der Waals surface area contributed by atoms with Crippen molar-refractivity contribution in [1.82, 2.24) is 0 Å². The minimum atomic E-state index is -0.499. The summed E-state index contributed by atoms with van der Waals surface area (Å²) in [4.78, 5) is 23.6. The zero-order chi connectivity index (χ0) is 11.0. The Balaban J connectivity index is 2.41. The Morgan fingerprint density at radius 2 is 2.07 bits per heavy atom. The highest BCUT2D eigenvalue weighted by atomic mass is 79.9. The van der Waals surface area contributed by atoms with Crippen LogP contribution in [0.25, 0.3) is 0 Å². The molecule has 1 heterocycles. The van der Waals surface area contributed by atoms with Crippen molar-refractivity contribution in [2.45, 2.75) is 6.42 Å². The highest BCUT2D eigenvalue weighted by Crippen LogP contribution is 2.26. The summed E-state index contributed by atoms with van der Waals surface area (Å²) in [6.45, 7) is -0.0355. The van der Waals surface area contributed by atoms with Crippen molar-refractivity contribution in [3.05, 3.63) is 28.5 Å². The number of Topliss-reactive ketones (excluding diaryl/α,β-unsaturated/α-hetero) is 1. The maximum atomic E-state index is 13.4. The molecule has 0 radical (unpaired) electrons. The second-order valence-electron chi connectivity index (χ2n) is 3.29. The Morgan fingerprint density at radius 1 is 1.33 bits per heavy atom. The first-order valence-corrected chi connectivity index (χ1v) is 5.14. The molecular formula is C10H7BrFNO2. The molecule has 1 aromatic rings. The fourth-order valence-electron chi connectivity index (χ4n) is 1.50. The highest BCUT2D eigenvalue weighted by Gasteiger charge is 2.30. The van der Waals surface area contributed by atoms with Crippen LogP contribution in [0.3, 0.4) is 0 Å². The Hall–Kier alpha value is -1.23. The molecule has 1 aliphatic heterocycles. The van der Waals surface area contributed by atoms with Gasteiger partial charge in [0.05, 0.1) is 18.7 Å². The largest absolute Gasteiger partial charge is 0.302 e. The highest BCUT2D eigenvalue weighted by molar-refractivity contribution is 9.10. The van der Waals surface area contributed by atoms with Gasteiger partial charge in [0.1, 0.15) is 5.82 Å². The molecule has 1 saturated heterocycles. The molecule has 5 heteroatoms. The van der Waals surface area contributed by atoms with Gasteiger partial charge >= 0.3 is 0 Å². The summed E-state index contributed by atoms with van der Waals surface area (Å²) in [5, 5.41) is 0. The molecule has 1 fully saturated rings. The van der Waals surface area contributed by atoms with Gasteiger partial charge in [-0.2, -0.15) is 0 Å². The van der Waals surface area contributed by atoms with Crippen molar-refractivity contribution in [1.29, 1.82) is 0 Å². The van der Waals surface area contributed by atoms with Crippen LogP contribution >= 0.6 is 15.9 Å². The van der Waals surface area contributed by atoms with Crippen LogP contribution in [0.4, 0.5) is 10.1 Å². The van der Waals surface area contributed by atoms with E-state index in [2.05, 4.69) is 15.9 Å². The minimum absolute atomic E-state index is 0.0355. The van der Waals surface area contributed by atoms with Crippen molar-refractivity contribution in [3.8, 4) is 0 Å². The molecule has 0 unspecified atom stereocenters. The lowest BCUT2D eigenvalue weighted by Crippen LogP contribution is -2.25. The predicted molar refractivity (Wildman–Crippen MR) is 56.1 cm³/mol. The average Bonchev–Trinajstić information content (AvgIpc) is 2.50. The molecule has 2 rings (SSSR count). The van der Waals surface area contributed by atoms with E-state index in [0.29, 0.717) is 4.47 Å². The quantitative estimate of drug-likeness (QED) is 0.732. The van der Waals surface area contributed by atoms with E-state index in [1.807, 2.05) is 0 Å². The summed E-state index contributed by atoms with van der Waals surface area (Å²) in [5.41, 5.74) is 0.153. The lowest BCUT2D eigenvalue weighted by Gasteiger charge is -2.15. The maximum absolute atomic E-state index is 13.4. The van der Waals surface area contributed by atoms with Crippen LogP contribution in [0.5, 0.6) is 0 Å². The number of anilines is 1. The van der Waals surface area contributed by atoms with Gasteiger partial charge in [0.25, 0.3) is 0 Å². The first-order chi connectivity index (χ1) is 7.08. The number of benzene rings is 1. The standard InChI is InChI=1S/C10H7BrFNO2/c11-6-1-2-8(12)9(3-6)13-5-7(14)4-10(13)15/h1-3H,4-5H2. The van der Waals surface area contributed by atoms with E-state index < -0.39 is 5.82 Å². The normalized spacial score (nSPS) is 16.3. The van der Waals surface area contributed by atoms with Gasteiger partial charge in [0, 0.05) is 4.47 Å². The third kappa shape index (κ3) is 1.92. The summed E-state index contributed by atoms with van der Waals surface area (Å²) >= 11 is 3.19. The summed E-state index contributed by atoms with van der Waals surface area (Å²) in [6.07, 6.45) is -0.133. The van der Waals surface area contributed by atoms with E-state index in [9.17, 15) is 14.0 Å². The number of carbonyl (C=O) groups is 2. The number of amides is 1. The van der Waals surface area contributed by atoms with E-state index in [4.69, 9.17) is 0 Å². The molecule has 0 atom stereocenters. The maximum Gasteiger partial charge on any atom is 0.235 e. The summed E-state index contributed by atoms with van der Waals surface area (Å²) in [6, 6.07) is 4.29. The fourth-order valence-corrected chi connectivity index (χ4v) is 1.85. The second-order valence-corrected chi connectivity index (χ2v) is 4.21. The van der Waals surface area contributed by atoms with Crippen LogP contribution in [0.15, 0.2) is 22.7 Å². The van der Waals surface area contributed by atoms with Gasteiger partial charge in [0.15, 0.2) is 5.78 Å². The van der Waals surface area contributed by atoms with Crippen molar-refractivity contribution >= 4 is 33.3 Å².